The third kappa shape index (κ3) is 2.75. The monoisotopic (exact) mass is 317 g/mol. The molecule has 1 aliphatic heterocycles. The van der Waals surface area contributed by atoms with Crippen LogP contribution in [0.25, 0.3) is 0 Å². The molecule has 3 N–H and O–H groups in total. The van der Waals surface area contributed by atoms with E-state index in [1.165, 1.54) is 0 Å². The van der Waals surface area contributed by atoms with E-state index in [4.69, 9.17) is 10.6 Å². The van der Waals surface area contributed by atoms with Gasteiger partial charge in [0.1, 0.15) is 0 Å². The molecule has 1 aromatic rings. The number of aryl methyl sites for hydroxylation is 1. The zero-order valence-corrected chi connectivity index (χ0v) is 12.4. The van der Waals surface area contributed by atoms with Crippen molar-refractivity contribution in [3.8, 4) is 0 Å². The predicted molar refractivity (Wildman–Crippen MR) is 72.8 cm³/mol. The van der Waals surface area contributed by atoms with Crippen molar-refractivity contribution in [2.45, 2.75) is 19.1 Å². The highest BCUT2D eigenvalue weighted by atomic mass is 79.9. The van der Waals surface area contributed by atoms with Gasteiger partial charge in [0.15, 0.2) is 0 Å². The number of ether oxygens (including phenoxy) is 1. The smallest absolute Gasteiger partial charge is 0.0925 e. The van der Waals surface area contributed by atoms with Crippen molar-refractivity contribution in [3.63, 3.8) is 0 Å². The average Bonchev–Trinajstić information content (AvgIpc) is 2.72. The third-order valence-corrected chi connectivity index (χ3v) is 4.02. The summed E-state index contributed by atoms with van der Waals surface area (Å²) >= 11 is 3.51. The molecule has 0 bridgehead atoms. The number of halogens is 1. The zero-order valence-electron chi connectivity index (χ0n) is 10.8. The Morgan fingerprint density at radius 2 is 2.50 bits per heavy atom. The van der Waals surface area contributed by atoms with Crippen LogP contribution in [0.5, 0.6) is 0 Å². The Morgan fingerprint density at radius 1 is 1.72 bits per heavy atom. The second-order valence-electron chi connectivity index (χ2n) is 4.45. The predicted octanol–water partition coefficient (Wildman–Crippen LogP) is 0.408. The third-order valence-electron chi connectivity index (χ3n) is 3.41. The van der Waals surface area contributed by atoms with Crippen molar-refractivity contribution < 1.29 is 4.74 Å². The number of morpholine rings is 1. The molecule has 1 aliphatic rings. The molecular formula is C11H20BrN5O. The number of rotatable bonds is 4. The fourth-order valence-corrected chi connectivity index (χ4v) is 2.95. The van der Waals surface area contributed by atoms with Crippen molar-refractivity contribution in [1.29, 1.82) is 0 Å². The second kappa shape index (κ2) is 6.12. The molecule has 0 spiro atoms. The lowest BCUT2D eigenvalue weighted by atomic mass is 10.1. The van der Waals surface area contributed by atoms with Gasteiger partial charge in [-0.1, -0.05) is 6.92 Å². The summed E-state index contributed by atoms with van der Waals surface area (Å²) in [5.41, 5.74) is 3.87. The van der Waals surface area contributed by atoms with Gasteiger partial charge in [-0.3, -0.25) is 15.4 Å². The zero-order chi connectivity index (χ0) is 13.1. The maximum absolute atomic E-state index is 5.85. The lowest BCUT2D eigenvalue weighted by Crippen LogP contribution is -2.50. The standard InChI is InChI=1S/C11H20BrN5O/c1-3-17-4-5-18-9(7-17)10(15-13)11-8(12)6-14-16(11)2/h6,9-10,15H,3-5,7,13H2,1-2H3. The topological polar surface area (TPSA) is 68.3 Å². The first-order valence-electron chi connectivity index (χ1n) is 6.14. The Bertz CT molecular complexity index is 377. The van der Waals surface area contributed by atoms with Gasteiger partial charge in [0.2, 0.25) is 0 Å². The van der Waals surface area contributed by atoms with E-state index in [9.17, 15) is 0 Å². The highest BCUT2D eigenvalue weighted by Gasteiger charge is 2.31. The molecule has 0 saturated carbocycles. The Kier molecular flexibility index (Phi) is 4.74. The number of hydrogen-bond acceptors (Lipinski definition) is 5. The summed E-state index contributed by atoms with van der Waals surface area (Å²) < 4.78 is 8.62. The molecule has 2 heterocycles. The summed E-state index contributed by atoms with van der Waals surface area (Å²) in [7, 11) is 1.91. The van der Waals surface area contributed by atoms with Gasteiger partial charge in [-0.05, 0) is 22.5 Å². The van der Waals surface area contributed by atoms with Gasteiger partial charge in [0.25, 0.3) is 0 Å². The first-order chi connectivity index (χ1) is 8.67. The number of hydrogen-bond donors (Lipinski definition) is 2. The maximum Gasteiger partial charge on any atom is 0.0925 e. The van der Waals surface area contributed by atoms with Crippen LogP contribution < -0.4 is 11.3 Å². The summed E-state index contributed by atoms with van der Waals surface area (Å²) in [4.78, 5) is 2.36. The Hall–Kier alpha value is -0.470. The first kappa shape index (κ1) is 14.0. The molecule has 0 aromatic carbocycles. The number of likely N-dealkylation sites (N-methyl/N-ethyl adjacent to an activating group) is 1. The molecule has 7 heteroatoms. The van der Waals surface area contributed by atoms with Crippen molar-refractivity contribution in [1.82, 2.24) is 20.1 Å². The molecule has 0 radical (unpaired) electrons. The van der Waals surface area contributed by atoms with Crippen LogP contribution in [0.3, 0.4) is 0 Å². The van der Waals surface area contributed by atoms with Gasteiger partial charge in [0.05, 0.1) is 35.1 Å². The first-order valence-corrected chi connectivity index (χ1v) is 6.94. The minimum Gasteiger partial charge on any atom is -0.373 e. The van der Waals surface area contributed by atoms with E-state index < -0.39 is 0 Å². The molecule has 6 nitrogen and oxygen atoms in total. The minimum absolute atomic E-state index is 0.0374. The van der Waals surface area contributed by atoms with Gasteiger partial charge < -0.3 is 4.74 Å². The van der Waals surface area contributed by atoms with Crippen LogP contribution in [0.15, 0.2) is 10.7 Å². The molecule has 1 saturated heterocycles. The molecule has 1 aromatic heterocycles. The van der Waals surface area contributed by atoms with Gasteiger partial charge >= 0.3 is 0 Å². The van der Waals surface area contributed by atoms with E-state index in [0.717, 1.165) is 36.4 Å². The summed E-state index contributed by atoms with van der Waals surface area (Å²) in [6, 6.07) is -0.0683. The van der Waals surface area contributed by atoms with Crippen LogP contribution in [0, 0.1) is 0 Å². The largest absolute Gasteiger partial charge is 0.373 e. The van der Waals surface area contributed by atoms with Crippen LogP contribution in [0.4, 0.5) is 0 Å². The summed E-state index contributed by atoms with van der Waals surface area (Å²) in [5, 5.41) is 4.22. The Labute approximate surface area is 116 Å². The van der Waals surface area contributed by atoms with E-state index in [2.05, 4.69) is 38.3 Å². The number of nitrogens with one attached hydrogen (secondary N) is 1. The molecule has 102 valence electrons. The number of nitrogens with two attached hydrogens (primary N) is 1. The van der Waals surface area contributed by atoms with Crippen LogP contribution in [0.2, 0.25) is 0 Å². The van der Waals surface area contributed by atoms with E-state index in [1.54, 1.807) is 6.20 Å². The average molecular weight is 318 g/mol. The van der Waals surface area contributed by atoms with Crippen molar-refractivity contribution in [2.75, 3.05) is 26.2 Å². The highest BCUT2D eigenvalue weighted by molar-refractivity contribution is 9.10. The molecular weight excluding hydrogens is 298 g/mol. The molecule has 0 amide bonds. The molecule has 1 fully saturated rings. The van der Waals surface area contributed by atoms with Crippen LogP contribution >= 0.6 is 15.9 Å². The van der Waals surface area contributed by atoms with Crippen molar-refractivity contribution >= 4 is 15.9 Å². The number of hydrazine groups is 1. The van der Waals surface area contributed by atoms with Crippen LogP contribution in [-0.4, -0.2) is 47.0 Å². The van der Waals surface area contributed by atoms with Crippen molar-refractivity contribution in [3.05, 3.63) is 16.4 Å². The van der Waals surface area contributed by atoms with Crippen LogP contribution in [-0.2, 0) is 11.8 Å². The normalized spacial score (nSPS) is 23.2. The quantitative estimate of drug-likeness (QED) is 0.622. The maximum atomic E-state index is 5.85. The summed E-state index contributed by atoms with van der Waals surface area (Å²) in [5.74, 6) is 5.71. The van der Waals surface area contributed by atoms with Crippen molar-refractivity contribution in [2.24, 2.45) is 12.9 Å². The summed E-state index contributed by atoms with van der Waals surface area (Å²) in [6.07, 6.45) is 1.82. The summed E-state index contributed by atoms with van der Waals surface area (Å²) in [6.45, 7) is 5.79. The van der Waals surface area contributed by atoms with Gasteiger partial charge in [-0.15, -0.1) is 0 Å². The second-order valence-corrected chi connectivity index (χ2v) is 5.30. The molecule has 2 atom stereocenters. The fourth-order valence-electron chi connectivity index (χ4n) is 2.35. The molecule has 2 rings (SSSR count). The number of nitrogens with zero attached hydrogens (tertiary/aromatic N) is 3. The Morgan fingerprint density at radius 3 is 3.06 bits per heavy atom. The SMILES string of the molecule is CCN1CCOC(C(NN)c2c(Br)cnn2C)C1. The number of aromatic nitrogens is 2. The molecule has 18 heavy (non-hydrogen) atoms. The fraction of sp³-hybridized carbons (Fsp3) is 0.727. The Balaban J connectivity index is 2.18. The van der Waals surface area contributed by atoms with Gasteiger partial charge in [-0.25, -0.2) is 5.43 Å². The van der Waals surface area contributed by atoms with E-state index >= 15 is 0 Å². The highest BCUT2D eigenvalue weighted by Crippen LogP contribution is 2.27. The minimum atomic E-state index is -0.0683. The molecule has 2 unspecified atom stereocenters. The van der Waals surface area contributed by atoms with Gasteiger partial charge in [0, 0.05) is 20.1 Å². The van der Waals surface area contributed by atoms with Crippen LogP contribution in [0.1, 0.15) is 18.7 Å². The van der Waals surface area contributed by atoms with E-state index in [-0.39, 0.29) is 12.1 Å². The lowest BCUT2D eigenvalue weighted by molar-refractivity contribution is -0.0470. The van der Waals surface area contributed by atoms with Gasteiger partial charge in [-0.2, -0.15) is 5.10 Å². The molecule has 0 aliphatic carbocycles. The lowest BCUT2D eigenvalue weighted by Gasteiger charge is -2.36. The van der Waals surface area contributed by atoms with E-state index in [1.807, 2.05) is 11.7 Å². The van der Waals surface area contributed by atoms with E-state index in [0.29, 0.717) is 0 Å².